The number of β-amino-alcohol motifs (C(OH)–C–C–N with tert-alkyl or cyclic N) is 1. The molecule has 3 N–H and O–H groups in total. The molecule has 1 amide bonds. The second-order valence-corrected chi connectivity index (χ2v) is 8.66. The SMILES string of the molecule is C=CC(=O)Nc1cccc(-c2nc(Nc3ccc(N4CCN(CCO)CC4)cc3)cn3cncc23)c1. The second-order valence-electron chi connectivity index (χ2n) is 8.66. The predicted molar refractivity (Wildman–Crippen MR) is 143 cm³/mol. The molecule has 3 heterocycles. The molecule has 9 nitrogen and oxygen atoms in total. The van der Waals surface area contributed by atoms with Crippen LogP contribution in [0.2, 0.25) is 0 Å². The molecular formula is C27H29N7O2. The van der Waals surface area contributed by atoms with Gasteiger partial charge in [0, 0.05) is 55.3 Å². The number of hydrogen-bond acceptors (Lipinski definition) is 7. The number of imidazole rings is 1. The van der Waals surface area contributed by atoms with Crippen molar-refractivity contribution in [2.45, 2.75) is 0 Å². The Kier molecular flexibility index (Phi) is 6.92. The highest BCUT2D eigenvalue weighted by molar-refractivity contribution is 5.99. The summed E-state index contributed by atoms with van der Waals surface area (Å²) in [6.07, 6.45) is 6.67. The van der Waals surface area contributed by atoms with Gasteiger partial charge in [0.25, 0.3) is 0 Å². The maximum atomic E-state index is 11.7. The van der Waals surface area contributed by atoms with E-state index < -0.39 is 0 Å². The second kappa shape index (κ2) is 10.6. The van der Waals surface area contributed by atoms with Crippen molar-refractivity contribution in [1.82, 2.24) is 19.3 Å². The summed E-state index contributed by atoms with van der Waals surface area (Å²) in [6.45, 7) is 8.25. The number of nitrogens with one attached hydrogen (secondary N) is 2. The van der Waals surface area contributed by atoms with Crippen LogP contribution in [-0.4, -0.2) is 69.6 Å². The van der Waals surface area contributed by atoms with Crippen LogP contribution in [0.1, 0.15) is 0 Å². The van der Waals surface area contributed by atoms with Gasteiger partial charge in [0.15, 0.2) is 0 Å². The van der Waals surface area contributed by atoms with Crippen molar-refractivity contribution in [3.05, 3.63) is 79.9 Å². The number of aliphatic hydroxyl groups is 1. The number of anilines is 4. The van der Waals surface area contributed by atoms with Crippen LogP contribution in [0.15, 0.2) is 79.9 Å². The third-order valence-electron chi connectivity index (χ3n) is 6.28. The van der Waals surface area contributed by atoms with Crippen LogP contribution in [0.4, 0.5) is 22.9 Å². The summed E-state index contributed by atoms with van der Waals surface area (Å²) in [5.41, 5.74) is 5.27. The monoisotopic (exact) mass is 483 g/mol. The van der Waals surface area contributed by atoms with E-state index in [0.717, 1.165) is 55.2 Å². The molecule has 1 fully saturated rings. The quantitative estimate of drug-likeness (QED) is 0.331. The van der Waals surface area contributed by atoms with Gasteiger partial charge in [0.05, 0.1) is 36.5 Å². The maximum absolute atomic E-state index is 11.7. The molecule has 9 heteroatoms. The zero-order valence-electron chi connectivity index (χ0n) is 20.0. The molecular weight excluding hydrogens is 454 g/mol. The van der Waals surface area contributed by atoms with Crippen LogP contribution >= 0.6 is 0 Å². The molecule has 5 rings (SSSR count). The van der Waals surface area contributed by atoms with Crippen LogP contribution in [0.3, 0.4) is 0 Å². The van der Waals surface area contributed by atoms with Crippen molar-refractivity contribution in [3.8, 4) is 11.3 Å². The summed E-state index contributed by atoms with van der Waals surface area (Å²) >= 11 is 0. The number of rotatable bonds is 8. The summed E-state index contributed by atoms with van der Waals surface area (Å²) in [5, 5.41) is 15.4. The molecule has 4 aromatic rings. The van der Waals surface area contributed by atoms with E-state index >= 15 is 0 Å². The Morgan fingerprint density at radius 2 is 1.89 bits per heavy atom. The normalized spacial score (nSPS) is 14.1. The Morgan fingerprint density at radius 1 is 1.08 bits per heavy atom. The number of aromatic nitrogens is 3. The zero-order valence-corrected chi connectivity index (χ0v) is 20.0. The molecule has 0 saturated carbocycles. The number of piperazine rings is 1. The maximum Gasteiger partial charge on any atom is 0.247 e. The van der Waals surface area contributed by atoms with E-state index in [9.17, 15) is 4.79 Å². The van der Waals surface area contributed by atoms with E-state index in [0.29, 0.717) is 11.5 Å². The number of carbonyl (C=O) groups excluding carboxylic acids is 1. The van der Waals surface area contributed by atoms with Gasteiger partial charge in [-0.25, -0.2) is 9.97 Å². The standard InChI is InChI=1S/C27H29N7O2/c1-2-26(36)30-22-5-3-4-20(16-22)27-24-17-28-19-34(24)18-25(31-27)29-21-6-8-23(9-7-21)33-12-10-32(11-13-33)14-15-35/h2-9,16-19,29,35H,1,10-15H2,(H,30,36). The molecule has 0 unspecified atom stereocenters. The molecule has 184 valence electrons. The fraction of sp³-hybridized carbons (Fsp3) is 0.222. The van der Waals surface area contributed by atoms with Gasteiger partial charge >= 0.3 is 0 Å². The number of aliphatic hydroxyl groups excluding tert-OH is 1. The topological polar surface area (TPSA) is 98.0 Å². The lowest BCUT2D eigenvalue weighted by Gasteiger charge is -2.35. The summed E-state index contributed by atoms with van der Waals surface area (Å²) in [6, 6.07) is 15.9. The molecule has 36 heavy (non-hydrogen) atoms. The summed E-state index contributed by atoms with van der Waals surface area (Å²) in [4.78, 5) is 25.6. The molecule has 0 bridgehead atoms. The van der Waals surface area contributed by atoms with E-state index in [1.54, 1.807) is 12.5 Å². The molecule has 2 aromatic heterocycles. The fourth-order valence-electron chi connectivity index (χ4n) is 4.41. The molecule has 0 aliphatic carbocycles. The Bertz CT molecular complexity index is 1360. The average molecular weight is 484 g/mol. The summed E-state index contributed by atoms with van der Waals surface area (Å²) in [7, 11) is 0. The lowest BCUT2D eigenvalue weighted by molar-refractivity contribution is -0.111. The highest BCUT2D eigenvalue weighted by Gasteiger charge is 2.17. The Balaban J connectivity index is 1.35. The van der Waals surface area contributed by atoms with E-state index in [1.807, 2.05) is 34.9 Å². The van der Waals surface area contributed by atoms with Crippen molar-refractivity contribution < 1.29 is 9.90 Å². The molecule has 2 aromatic carbocycles. The van der Waals surface area contributed by atoms with Crippen molar-refractivity contribution in [2.75, 3.05) is 54.9 Å². The Labute approximate surface area is 209 Å². The number of carbonyl (C=O) groups is 1. The first-order valence-corrected chi connectivity index (χ1v) is 11.9. The smallest absolute Gasteiger partial charge is 0.247 e. The van der Waals surface area contributed by atoms with Crippen LogP contribution < -0.4 is 15.5 Å². The number of benzene rings is 2. The van der Waals surface area contributed by atoms with Crippen LogP contribution in [0.5, 0.6) is 0 Å². The van der Waals surface area contributed by atoms with Crippen molar-refractivity contribution in [2.24, 2.45) is 0 Å². The van der Waals surface area contributed by atoms with Gasteiger partial charge in [0.2, 0.25) is 5.91 Å². The Hall–Kier alpha value is -4.21. The first-order chi connectivity index (χ1) is 17.6. The van der Waals surface area contributed by atoms with Crippen LogP contribution in [0.25, 0.3) is 16.8 Å². The van der Waals surface area contributed by atoms with Gasteiger partial charge in [-0.1, -0.05) is 18.7 Å². The Morgan fingerprint density at radius 3 is 2.64 bits per heavy atom. The highest BCUT2D eigenvalue weighted by atomic mass is 16.3. The molecule has 0 radical (unpaired) electrons. The van der Waals surface area contributed by atoms with E-state index in [-0.39, 0.29) is 12.5 Å². The number of hydrogen-bond donors (Lipinski definition) is 3. The lowest BCUT2D eigenvalue weighted by Crippen LogP contribution is -2.47. The molecule has 0 spiro atoms. The number of fused-ring (bicyclic) bond motifs is 1. The number of nitrogens with zero attached hydrogens (tertiary/aromatic N) is 5. The van der Waals surface area contributed by atoms with E-state index in [4.69, 9.17) is 10.1 Å². The fourth-order valence-corrected chi connectivity index (χ4v) is 4.41. The third kappa shape index (κ3) is 5.22. The highest BCUT2D eigenvalue weighted by Crippen LogP contribution is 2.28. The van der Waals surface area contributed by atoms with Gasteiger partial charge in [-0.05, 0) is 42.5 Å². The lowest BCUT2D eigenvalue weighted by atomic mass is 10.1. The van der Waals surface area contributed by atoms with Crippen molar-refractivity contribution in [1.29, 1.82) is 0 Å². The zero-order chi connectivity index (χ0) is 24.9. The van der Waals surface area contributed by atoms with Gasteiger partial charge in [0.1, 0.15) is 5.82 Å². The van der Waals surface area contributed by atoms with E-state index in [2.05, 4.69) is 56.3 Å². The third-order valence-corrected chi connectivity index (χ3v) is 6.28. The van der Waals surface area contributed by atoms with Crippen molar-refractivity contribution >= 4 is 34.3 Å². The molecule has 1 aliphatic rings. The number of amides is 1. The summed E-state index contributed by atoms with van der Waals surface area (Å²) < 4.78 is 1.93. The van der Waals surface area contributed by atoms with E-state index in [1.165, 1.54) is 11.8 Å². The minimum atomic E-state index is -0.263. The van der Waals surface area contributed by atoms with Gasteiger partial charge in [-0.2, -0.15) is 0 Å². The van der Waals surface area contributed by atoms with Gasteiger partial charge in [-0.3, -0.25) is 9.69 Å². The first-order valence-electron chi connectivity index (χ1n) is 11.9. The first kappa shape index (κ1) is 23.5. The molecule has 1 aliphatic heterocycles. The van der Waals surface area contributed by atoms with Gasteiger partial charge in [-0.15, -0.1) is 0 Å². The van der Waals surface area contributed by atoms with Crippen molar-refractivity contribution in [3.63, 3.8) is 0 Å². The largest absolute Gasteiger partial charge is 0.395 e. The summed E-state index contributed by atoms with van der Waals surface area (Å²) in [5.74, 6) is 0.418. The minimum absolute atomic E-state index is 0.207. The molecule has 0 atom stereocenters. The van der Waals surface area contributed by atoms with Crippen LogP contribution in [-0.2, 0) is 4.79 Å². The average Bonchev–Trinajstić information content (AvgIpc) is 3.38. The molecule has 1 saturated heterocycles. The van der Waals surface area contributed by atoms with Gasteiger partial charge < -0.3 is 25.0 Å². The minimum Gasteiger partial charge on any atom is -0.395 e. The predicted octanol–water partition coefficient (Wildman–Crippen LogP) is 3.38. The van der Waals surface area contributed by atoms with Crippen LogP contribution in [0, 0.1) is 0 Å².